The van der Waals surface area contributed by atoms with Gasteiger partial charge in [0.1, 0.15) is 38.8 Å². The standard InChI is InChI=1S/C34H36FN11OS.ClH/c1-2-26-31(39-20-29-43-30(27(17-36)48-29)22-3-6-25(35)7-4-22)46-21-23(5-8-28(46)42-26)24-18-40-32(41-19-24)34(9-11-37-12-10-34)44-33(47)45-15-13-38-14-16-45;/h3-8,18-19,21,37-39H,2,9-16,20H2,1H3,(H,44,47);1H. The average molecular weight is 702 g/mol. The van der Waals surface area contributed by atoms with E-state index in [1.54, 1.807) is 12.1 Å². The smallest absolute Gasteiger partial charge is 0.318 e. The highest BCUT2D eigenvalue weighted by Crippen LogP contribution is 2.32. The summed E-state index contributed by atoms with van der Waals surface area (Å²) < 4.78 is 15.5. The molecule has 6 heterocycles. The van der Waals surface area contributed by atoms with Gasteiger partial charge in [-0.3, -0.25) is 4.40 Å². The molecule has 2 aliphatic rings. The number of urea groups is 1. The summed E-state index contributed by atoms with van der Waals surface area (Å²) >= 11 is 1.31. The Labute approximate surface area is 293 Å². The van der Waals surface area contributed by atoms with E-state index in [9.17, 15) is 14.4 Å². The number of piperidine rings is 1. The number of benzene rings is 1. The van der Waals surface area contributed by atoms with Crippen molar-refractivity contribution >= 4 is 41.2 Å². The second-order valence-corrected chi connectivity index (χ2v) is 13.0. The number of nitriles is 1. The zero-order valence-corrected chi connectivity index (χ0v) is 28.6. The van der Waals surface area contributed by atoms with Gasteiger partial charge >= 0.3 is 6.03 Å². The molecule has 7 rings (SSSR count). The summed E-state index contributed by atoms with van der Waals surface area (Å²) in [5.41, 5.74) is 4.08. The van der Waals surface area contributed by atoms with E-state index in [1.807, 2.05) is 40.0 Å². The summed E-state index contributed by atoms with van der Waals surface area (Å²) in [7, 11) is 0. The van der Waals surface area contributed by atoms with Crippen LogP contribution in [0.5, 0.6) is 0 Å². The van der Waals surface area contributed by atoms with E-state index >= 15 is 0 Å². The van der Waals surface area contributed by atoms with Gasteiger partial charge < -0.3 is 26.2 Å². The number of carbonyl (C=O) groups excluding carboxylic acids is 1. The van der Waals surface area contributed by atoms with Gasteiger partial charge in [-0.1, -0.05) is 6.92 Å². The molecule has 0 spiro atoms. The fourth-order valence-corrected chi connectivity index (χ4v) is 7.13. The van der Waals surface area contributed by atoms with E-state index in [1.165, 1.54) is 23.5 Å². The van der Waals surface area contributed by atoms with E-state index < -0.39 is 5.54 Å². The highest BCUT2D eigenvalue weighted by atomic mass is 35.5. The molecule has 0 radical (unpaired) electrons. The Morgan fingerprint density at radius 1 is 1.00 bits per heavy atom. The Kier molecular flexibility index (Phi) is 10.4. The number of fused-ring (bicyclic) bond motifs is 1. The van der Waals surface area contributed by atoms with Crippen LogP contribution in [0.2, 0.25) is 0 Å². The van der Waals surface area contributed by atoms with Crippen LogP contribution in [0.4, 0.5) is 15.0 Å². The highest BCUT2D eigenvalue weighted by molar-refractivity contribution is 7.12. The Morgan fingerprint density at radius 3 is 2.39 bits per heavy atom. The van der Waals surface area contributed by atoms with Gasteiger partial charge in [-0.05, 0) is 68.8 Å². The first-order valence-electron chi connectivity index (χ1n) is 16.2. The third-order valence-corrected chi connectivity index (χ3v) is 9.90. The normalized spacial score (nSPS) is 15.7. The van der Waals surface area contributed by atoms with Crippen molar-refractivity contribution in [3.8, 4) is 28.5 Å². The van der Waals surface area contributed by atoms with Crippen LogP contribution in [0, 0.1) is 17.1 Å². The molecule has 0 bridgehead atoms. The third-order valence-electron chi connectivity index (χ3n) is 8.94. The lowest BCUT2D eigenvalue weighted by atomic mass is 9.87. The molecule has 0 saturated carbocycles. The predicted molar refractivity (Wildman–Crippen MR) is 189 cm³/mol. The lowest BCUT2D eigenvalue weighted by Crippen LogP contribution is -2.58. The quantitative estimate of drug-likeness (QED) is 0.181. The number of anilines is 1. The first kappa shape index (κ1) is 34.2. The maximum Gasteiger partial charge on any atom is 0.318 e. The number of nitrogens with one attached hydrogen (secondary N) is 4. The molecule has 0 unspecified atom stereocenters. The Hall–Kier alpha value is -4.68. The van der Waals surface area contributed by atoms with Gasteiger partial charge in [-0.25, -0.2) is 29.1 Å². The fraction of sp³-hybridized carbons (Fsp3) is 0.353. The fourth-order valence-electron chi connectivity index (χ4n) is 6.31. The van der Waals surface area contributed by atoms with Gasteiger partial charge in [-0.2, -0.15) is 5.26 Å². The van der Waals surface area contributed by atoms with Crippen LogP contribution in [0.15, 0.2) is 55.0 Å². The maximum absolute atomic E-state index is 13.5. The van der Waals surface area contributed by atoms with Crippen molar-refractivity contribution in [1.29, 1.82) is 5.26 Å². The molecule has 15 heteroatoms. The topological polar surface area (TPSA) is 148 Å². The van der Waals surface area contributed by atoms with Gasteiger partial charge in [0.2, 0.25) is 0 Å². The number of aromatic nitrogens is 5. The Morgan fingerprint density at radius 2 is 1.69 bits per heavy atom. The number of amides is 2. The number of halogens is 2. The second-order valence-electron chi connectivity index (χ2n) is 12.0. The van der Waals surface area contributed by atoms with Crippen molar-refractivity contribution in [3.63, 3.8) is 0 Å². The van der Waals surface area contributed by atoms with Crippen molar-refractivity contribution in [2.24, 2.45) is 0 Å². The number of rotatable bonds is 8. The molecule has 4 aromatic heterocycles. The van der Waals surface area contributed by atoms with Gasteiger partial charge in [-0.15, -0.1) is 23.7 Å². The van der Waals surface area contributed by atoms with Gasteiger partial charge in [0, 0.05) is 61.5 Å². The predicted octanol–water partition coefficient (Wildman–Crippen LogP) is 4.72. The van der Waals surface area contributed by atoms with Gasteiger partial charge in [0.15, 0.2) is 5.82 Å². The number of imidazole rings is 1. The molecule has 2 saturated heterocycles. The number of pyridine rings is 1. The van der Waals surface area contributed by atoms with E-state index in [0.29, 0.717) is 54.4 Å². The molecule has 1 aromatic carbocycles. The lowest BCUT2D eigenvalue weighted by Gasteiger charge is -2.39. The largest absolute Gasteiger partial charge is 0.363 e. The minimum Gasteiger partial charge on any atom is -0.363 e. The number of aryl methyl sites for hydroxylation is 1. The first-order chi connectivity index (χ1) is 23.5. The summed E-state index contributed by atoms with van der Waals surface area (Å²) in [6.07, 6.45) is 7.80. The van der Waals surface area contributed by atoms with E-state index in [2.05, 4.69) is 34.3 Å². The summed E-state index contributed by atoms with van der Waals surface area (Å²) in [6.45, 7) is 6.91. The lowest BCUT2D eigenvalue weighted by molar-refractivity contribution is 0.161. The molecule has 254 valence electrons. The van der Waals surface area contributed by atoms with Crippen molar-refractivity contribution in [2.75, 3.05) is 44.6 Å². The third kappa shape index (κ3) is 7.06. The number of hydrogen-bond acceptors (Lipinski definition) is 10. The van der Waals surface area contributed by atoms with Crippen LogP contribution in [0.1, 0.15) is 41.2 Å². The van der Waals surface area contributed by atoms with E-state index in [0.717, 1.165) is 65.9 Å². The highest BCUT2D eigenvalue weighted by Gasteiger charge is 2.39. The van der Waals surface area contributed by atoms with Gasteiger partial charge in [0.05, 0.1) is 17.9 Å². The van der Waals surface area contributed by atoms with Crippen LogP contribution in [0.25, 0.3) is 28.0 Å². The molecule has 2 amide bonds. The molecule has 49 heavy (non-hydrogen) atoms. The van der Waals surface area contributed by atoms with Crippen LogP contribution >= 0.6 is 23.7 Å². The summed E-state index contributed by atoms with van der Waals surface area (Å²) in [5, 5.41) is 24.0. The molecule has 2 fully saturated rings. The minimum atomic E-state index is -0.634. The number of nitrogens with zero attached hydrogens (tertiary/aromatic N) is 7. The molecular formula is C34H37ClFN11OS. The number of carbonyl (C=O) groups is 1. The number of thiazole rings is 1. The van der Waals surface area contributed by atoms with E-state index in [-0.39, 0.29) is 24.3 Å². The summed E-state index contributed by atoms with van der Waals surface area (Å²) in [5.74, 6) is 1.13. The monoisotopic (exact) mass is 701 g/mol. The van der Waals surface area contributed by atoms with Crippen LogP contribution in [-0.4, -0.2) is 74.5 Å². The summed E-state index contributed by atoms with van der Waals surface area (Å²) in [6, 6.07) is 12.1. The molecular weight excluding hydrogens is 665 g/mol. The first-order valence-corrected chi connectivity index (χ1v) is 17.0. The molecule has 2 aliphatic heterocycles. The Bertz CT molecular complexity index is 1960. The van der Waals surface area contributed by atoms with Crippen LogP contribution in [-0.2, 0) is 18.5 Å². The second kappa shape index (κ2) is 14.8. The van der Waals surface area contributed by atoms with Crippen LogP contribution < -0.4 is 21.3 Å². The minimum absolute atomic E-state index is 0. The zero-order chi connectivity index (χ0) is 33.1. The SMILES string of the molecule is CCc1nc2ccc(-c3cnc(C4(NC(=O)N5CCNCC5)CCNCC4)nc3)cn2c1NCc1nc(-c2ccc(F)cc2)c(C#N)s1.Cl. The van der Waals surface area contributed by atoms with Crippen molar-refractivity contribution < 1.29 is 9.18 Å². The molecule has 0 atom stereocenters. The van der Waals surface area contributed by atoms with Crippen molar-refractivity contribution in [2.45, 2.75) is 38.3 Å². The molecule has 0 aliphatic carbocycles. The number of piperazine rings is 1. The Balaban J connectivity index is 0.00000417. The van der Waals surface area contributed by atoms with Crippen LogP contribution in [0.3, 0.4) is 0 Å². The average Bonchev–Trinajstić information content (AvgIpc) is 3.72. The molecule has 5 aromatic rings. The summed E-state index contributed by atoms with van der Waals surface area (Å²) in [4.78, 5) is 34.7. The van der Waals surface area contributed by atoms with Gasteiger partial charge in [0.25, 0.3) is 0 Å². The number of hydrogen-bond donors (Lipinski definition) is 4. The molecule has 4 N–H and O–H groups in total. The van der Waals surface area contributed by atoms with Crippen molar-refractivity contribution in [1.82, 2.24) is 45.2 Å². The van der Waals surface area contributed by atoms with E-state index in [4.69, 9.17) is 19.9 Å². The van der Waals surface area contributed by atoms with Crippen molar-refractivity contribution in [3.05, 3.63) is 82.2 Å². The zero-order valence-electron chi connectivity index (χ0n) is 27.0. The molecule has 12 nitrogen and oxygen atoms in total. The maximum atomic E-state index is 13.5.